The lowest BCUT2D eigenvalue weighted by molar-refractivity contribution is -0.175. The second kappa shape index (κ2) is 10.9. The average Bonchev–Trinajstić information content (AvgIpc) is 3.08. The molecule has 0 spiro atoms. The van der Waals surface area contributed by atoms with Crippen molar-refractivity contribution in [2.45, 2.75) is 102 Å². The monoisotopic (exact) mass is 510 g/mol. The van der Waals surface area contributed by atoms with E-state index in [1.165, 1.54) is 0 Å². The Morgan fingerprint density at radius 3 is 1.81 bits per heavy atom. The van der Waals surface area contributed by atoms with Crippen LogP contribution in [0.15, 0.2) is 72.8 Å². The minimum absolute atomic E-state index is 0.0735. The van der Waals surface area contributed by atoms with E-state index in [1.807, 2.05) is 50.2 Å². The maximum atomic E-state index is 6.89. The van der Waals surface area contributed by atoms with E-state index in [9.17, 15) is 0 Å². The Morgan fingerprint density at radius 2 is 1.25 bits per heavy atom. The smallest absolute Gasteiger partial charge is 0.193 e. The standard InChI is InChI=1S/C30H42O5Si/c1-29(2,3)36(6,7)35-25-19-18-24(31-20-22-14-10-8-11-15-22)26(28-27(25)33-30(4,5)34-28)32-21-23-16-12-9-13-17-23/h8-19,24-28H,20-21H2,1-7H3/t24-,25-,26-,27+,28+/m1/s1. The lowest BCUT2D eigenvalue weighted by Crippen LogP contribution is -2.51. The van der Waals surface area contributed by atoms with Crippen molar-refractivity contribution in [3.8, 4) is 0 Å². The molecule has 0 bridgehead atoms. The van der Waals surface area contributed by atoms with Gasteiger partial charge < -0.3 is 23.4 Å². The molecule has 5 nitrogen and oxygen atoms in total. The Bertz CT molecular complexity index is 999. The number of hydrogen-bond acceptors (Lipinski definition) is 5. The van der Waals surface area contributed by atoms with Crippen molar-refractivity contribution in [1.29, 1.82) is 0 Å². The van der Waals surface area contributed by atoms with Gasteiger partial charge in [0.15, 0.2) is 14.1 Å². The number of benzene rings is 2. The summed E-state index contributed by atoms with van der Waals surface area (Å²) < 4.78 is 32.9. The molecule has 0 aromatic heterocycles. The summed E-state index contributed by atoms with van der Waals surface area (Å²) in [4.78, 5) is 0. The Hall–Kier alpha value is -1.80. The first-order chi connectivity index (χ1) is 17.0. The van der Waals surface area contributed by atoms with Crippen molar-refractivity contribution in [2.24, 2.45) is 0 Å². The van der Waals surface area contributed by atoms with Gasteiger partial charge in [-0.3, -0.25) is 0 Å². The van der Waals surface area contributed by atoms with Crippen molar-refractivity contribution in [2.75, 3.05) is 0 Å². The lowest BCUT2D eigenvalue weighted by atomic mass is 10.0. The second-order valence-corrected chi connectivity index (χ2v) is 16.6. The predicted molar refractivity (Wildman–Crippen MR) is 145 cm³/mol. The Kier molecular flexibility index (Phi) is 8.24. The molecule has 0 unspecified atom stereocenters. The topological polar surface area (TPSA) is 46.2 Å². The first-order valence-electron chi connectivity index (χ1n) is 13.0. The van der Waals surface area contributed by atoms with Crippen LogP contribution in [0.5, 0.6) is 0 Å². The molecule has 196 valence electrons. The van der Waals surface area contributed by atoms with Crippen molar-refractivity contribution in [3.63, 3.8) is 0 Å². The van der Waals surface area contributed by atoms with E-state index in [-0.39, 0.29) is 35.6 Å². The maximum absolute atomic E-state index is 6.89. The zero-order valence-electron chi connectivity index (χ0n) is 22.8. The second-order valence-electron chi connectivity index (χ2n) is 11.8. The van der Waals surface area contributed by atoms with E-state index in [1.54, 1.807) is 0 Å². The Morgan fingerprint density at radius 1 is 0.750 bits per heavy atom. The number of rotatable bonds is 8. The minimum Gasteiger partial charge on any atom is -0.408 e. The van der Waals surface area contributed by atoms with Crippen molar-refractivity contribution in [3.05, 3.63) is 83.9 Å². The van der Waals surface area contributed by atoms with Crippen molar-refractivity contribution < 1.29 is 23.4 Å². The van der Waals surface area contributed by atoms with Crippen LogP contribution in [0.3, 0.4) is 0 Å². The van der Waals surface area contributed by atoms with E-state index >= 15 is 0 Å². The summed E-state index contributed by atoms with van der Waals surface area (Å²) in [5, 5.41) is 0.0735. The zero-order valence-corrected chi connectivity index (χ0v) is 23.8. The summed E-state index contributed by atoms with van der Waals surface area (Å²) in [6, 6.07) is 20.4. The summed E-state index contributed by atoms with van der Waals surface area (Å²) in [6.45, 7) is 16.2. The minimum atomic E-state index is -2.08. The summed E-state index contributed by atoms with van der Waals surface area (Å²) in [5.41, 5.74) is 2.22. The van der Waals surface area contributed by atoms with Gasteiger partial charge in [-0.2, -0.15) is 0 Å². The van der Waals surface area contributed by atoms with Crippen LogP contribution in [0.25, 0.3) is 0 Å². The number of hydrogen-bond donors (Lipinski definition) is 0. The quantitative estimate of drug-likeness (QED) is 0.294. The summed E-state index contributed by atoms with van der Waals surface area (Å²) in [6.07, 6.45) is 2.66. The van der Waals surface area contributed by atoms with Gasteiger partial charge in [0, 0.05) is 0 Å². The van der Waals surface area contributed by atoms with Gasteiger partial charge in [-0.05, 0) is 43.1 Å². The van der Waals surface area contributed by atoms with Gasteiger partial charge in [0.05, 0.1) is 19.3 Å². The molecule has 1 aliphatic heterocycles. The van der Waals surface area contributed by atoms with Crippen LogP contribution in [0.2, 0.25) is 18.1 Å². The van der Waals surface area contributed by atoms with Gasteiger partial charge in [-0.1, -0.05) is 93.6 Å². The maximum Gasteiger partial charge on any atom is 0.193 e. The third-order valence-electron chi connectivity index (χ3n) is 7.43. The van der Waals surface area contributed by atoms with Crippen LogP contribution in [-0.2, 0) is 36.6 Å². The molecule has 6 heteroatoms. The lowest BCUT2D eigenvalue weighted by Gasteiger charge is -2.40. The molecule has 1 heterocycles. The fourth-order valence-electron chi connectivity index (χ4n) is 4.45. The average molecular weight is 511 g/mol. The third-order valence-corrected chi connectivity index (χ3v) is 11.9. The molecular weight excluding hydrogens is 468 g/mol. The van der Waals surface area contributed by atoms with E-state index in [4.69, 9.17) is 23.4 Å². The zero-order chi connectivity index (χ0) is 26.0. The first-order valence-corrected chi connectivity index (χ1v) is 15.9. The molecule has 2 aromatic rings. The summed E-state index contributed by atoms with van der Waals surface area (Å²) >= 11 is 0. The SMILES string of the molecule is CC1(C)O[C@@H]2[C@@H](O1)[C@H](O[Si](C)(C)C(C)(C)C)C=C[C@@H](OCc1ccccc1)[C@H]2OCc1ccccc1. The number of ether oxygens (including phenoxy) is 4. The van der Waals surface area contributed by atoms with Gasteiger partial charge >= 0.3 is 0 Å². The van der Waals surface area contributed by atoms with E-state index in [0.717, 1.165) is 11.1 Å². The molecule has 1 aliphatic carbocycles. The molecule has 2 aromatic carbocycles. The highest BCUT2D eigenvalue weighted by molar-refractivity contribution is 6.74. The predicted octanol–water partition coefficient (Wildman–Crippen LogP) is 6.64. The van der Waals surface area contributed by atoms with Gasteiger partial charge in [0.2, 0.25) is 0 Å². The first kappa shape index (κ1) is 27.2. The van der Waals surface area contributed by atoms with E-state index < -0.39 is 14.1 Å². The fourth-order valence-corrected chi connectivity index (χ4v) is 5.69. The molecule has 0 radical (unpaired) electrons. The largest absolute Gasteiger partial charge is 0.408 e. The Balaban J connectivity index is 1.63. The van der Waals surface area contributed by atoms with Gasteiger partial charge in [-0.25, -0.2) is 0 Å². The van der Waals surface area contributed by atoms with Gasteiger partial charge in [0.25, 0.3) is 0 Å². The molecule has 2 aliphatic rings. The van der Waals surface area contributed by atoms with E-state index in [0.29, 0.717) is 13.2 Å². The van der Waals surface area contributed by atoms with Crippen LogP contribution < -0.4 is 0 Å². The van der Waals surface area contributed by atoms with Gasteiger partial charge in [-0.15, -0.1) is 0 Å². The third kappa shape index (κ3) is 6.54. The molecule has 36 heavy (non-hydrogen) atoms. The van der Waals surface area contributed by atoms with Crippen LogP contribution in [0.1, 0.15) is 45.7 Å². The molecule has 1 fully saturated rings. The normalized spacial score (nSPS) is 28.0. The van der Waals surface area contributed by atoms with Crippen molar-refractivity contribution in [1.82, 2.24) is 0 Å². The van der Waals surface area contributed by atoms with Gasteiger partial charge in [0.1, 0.15) is 24.4 Å². The van der Waals surface area contributed by atoms with Crippen LogP contribution >= 0.6 is 0 Å². The highest BCUT2D eigenvalue weighted by Gasteiger charge is 2.53. The molecule has 0 amide bonds. The van der Waals surface area contributed by atoms with Crippen LogP contribution in [-0.4, -0.2) is 44.6 Å². The molecule has 5 atom stereocenters. The highest BCUT2D eigenvalue weighted by Crippen LogP contribution is 2.42. The molecular formula is C30H42O5Si. The summed E-state index contributed by atoms with van der Waals surface area (Å²) in [5.74, 6) is -0.742. The summed E-state index contributed by atoms with van der Waals surface area (Å²) in [7, 11) is -2.08. The molecule has 1 saturated heterocycles. The molecule has 0 N–H and O–H groups in total. The van der Waals surface area contributed by atoms with E-state index in [2.05, 4.69) is 70.3 Å². The highest BCUT2D eigenvalue weighted by atomic mass is 28.4. The van der Waals surface area contributed by atoms with Crippen molar-refractivity contribution >= 4 is 8.32 Å². The molecule has 0 saturated carbocycles. The fraction of sp³-hybridized carbons (Fsp3) is 0.533. The molecule has 4 rings (SSSR count). The number of fused-ring (bicyclic) bond motifs is 1. The van der Waals surface area contributed by atoms with Crippen LogP contribution in [0, 0.1) is 0 Å². The Labute approximate surface area is 217 Å². The van der Waals surface area contributed by atoms with Crippen LogP contribution in [0.4, 0.5) is 0 Å².